The average molecular weight is 387 g/mol. The number of ether oxygens (including phenoxy) is 2. The number of rotatable bonds is 5. The Labute approximate surface area is 153 Å². The van der Waals surface area contributed by atoms with Gasteiger partial charge < -0.3 is 9.47 Å². The number of β-lactam (4-membered cyclic amide) rings is 1. The van der Waals surface area contributed by atoms with Gasteiger partial charge in [-0.05, 0) is 27.2 Å². The summed E-state index contributed by atoms with van der Waals surface area (Å²) in [7, 11) is -3.69. The summed E-state index contributed by atoms with van der Waals surface area (Å²) >= 11 is 0. The molecule has 146 valence electrons. The summed E-state index contributed by atoms with van der Waals surface area (Å²) in [6.07, 6.45) is 1.09. The standard InChI is InChI=1S/C17H25NO7S/c1-6-7-12-14(20)18-13(16(21)25-17(3,4)5)11(8-24-10(2)19)9-26(22,23)15(12)18/h12,15H,6-9H2,1-5H3/t12-,15+/m0/s1. The minimum Gasteiger partial charge on any atom is -0.461 e. The van der Waals surface area contributed by atoms with E-state index in [9.17, 15) is 22.8 Å². The predicted octanol–water partition coefficient (Wildman–Crippen LogP) is 1.16. The van der Waals surface area contributed by atoms with Gasteiger partial charge in [0.25, 0.3) is 0 Å². The lowest BCUT2D eigenvalue weighted by Gasteiger charge is -2.49. The topological polar surface area (TPSA) is 107 Å². The fraction of sp³-hybridized carbons (Fsp3) is 0.706. The van der Waals surface area contributed by atoms with Crippen LogP contribution in [0.25, 0.3) is 0 Å². The highest BCUT2D eigenvalue weighted by atomic mass is 32.2. The van der Waals surface area contributed by atoms with E-state index in [-0.39, 0.29) is 17.9 Å². The van der Waals surface area contributed by atoms with E-state index in [0.29, 0.717) is 12.8 Å². The van der Waals surface area contributed by atoms with E-state index in [4.69, 9.17) is 9.47 Å². The van der Waals surface area contributed by atoms with Crippen LogP contribution < -0.4 is 0 Å². The van der Waals surface area contributed by atoms with Crippen LogP contribution in [0.3, 0.4) is 0 Å². The van der Waals surface area contributed by atoms with Crippen LogP contribution in [0.15, 0.2) is 11.3 Å². The average Bonchev–Trinajstić information content (AvgIpc) is 2.47. The third-order valence-electron chi connectivity index (χ3n) is 4.11. The number of carbonyl (C=O) groups is 3. The van der Waals surface area contributed by atoms with Crippen LogP contribution in [0.4, 0.5) is 0 Å². The van der Waals surface area contributed by atoms with Crippen molar-refractivity contribution in [3.63, 3.8) is 0 Å². The first kappa shape index (κ1) is 20.4. The summed E-state index contributed by atoms with van der Waals surface area (Å²) in [5.41, 5.74) is -0.869. The van der Waals surface area contributed by atoms with Gasteiger partial charge in [-0.2, -0.15) is 0 Å². The van der Waals surface area contributed by atoms with Gasteiger partial charge in [-0.1, -0.05) is 13.3 Å². The molecule has 2 atom stereocenters. The minimum absolute atomic E-state index is 0.0639. The molecule has 1 fully saturated rings. The van der Waals surface area contributed by atoms with Gasteiger partial charge in [-0.3, -0.25) is 14.5 Å². The van der Waals surface area contributed by atoms with Gasteiger partial charge in [-0.25, -0.2) is 13.2 Å². The number of hydrogen-bond acceptors (Lipinski definition) is 7. The van der Waals surface area contributed by atoms with Crippen LogP contribution in [-0.4, -0.2) is 54.5 Å². The minimum atomic E-state index is -3.69. The third-order valence-corrected chi connectivity index (χ3v) is 6.14. The number of carbonyl (C=O) groups excluding carboxylic acids is 3. The number of fused-ring (bicyclic) bond motifs is 1. The molecule has 8 nitrogen and oxygen atoms in total. The van der Waals surface area contributed by atoms with Gasteiger partial charge in [0.05, 0.1) is 11.7 Å². The van der Waals surface area contributed by atoms with Crippen LogP contribution >= 0.6 is 0 Å². The van der Waals surface area contributed by atoms with Gasteiger partial charge in [0, 0.05) is 12.5 Å². The van der Waals surface area contributed by atoms with E-state index in [1.54, 1.807) is 20.8 Å². The Balaban J connectivity index is 2.48. The van der Waals surface area contributed by atoms with Crippen molar-refractivity contribution in [1.82, 2.24) is 4.90 Å². The number of nitrogens with zero attached hydrogens (tertiary/aromatic N) is 1. The molecule has 0 N–H and O–H groups in total. The van der Waals surface area contributed by atoms with Gasteiger partial charge in [0.15, 0.2) is 15.2 Å². The maximum absolute atomic E-state index is 12.7. The molecule has 9 heteroatoms. The third kappa shape index (κ3) is 3.92. The normalized spacial score (nSPS) is 24.7. The predicted molar refractivity (Wildman–Crippen MR) is 92.3 cm³/mol. The molecular formula is C17H25NO7S. The van der Waals surface area contributed by atoms with Crippen LogP contribution in [0.2, 0.25) is 0 Å². The van der Waals surface area contributed by atoms with Gasteiger partial charge in [0.2, 0.25) is 5.91 Å². The van der Waals surface area contributed by atoms with Crippen LogP contribution in [0.1, 0.15) is 47.5 Å². The van der Waals surface area contributed by atoms with E-state index in [1.165, 1.54) is 6.92 Å². The van der Waals surface area contributed by atoms with Crippen molar-refractivity contribution in [2.45, 2.75) is 58.4 Å². The highest BCUT2D eigenvalue weighted by molar-refractivity contribution is 7.92. The largest absolute Gasteiger partial charge is 0.461 e. The molecule has 2 heterocycles. The van der Waals surface area contributed by atoms with E-state index in [2.05, 4.69) is 0 Å². The van der Waals surface area contributed by atoms with Crippen molar-refractivity contribution in [2.75, 3.05) is 12.4 Å². The maximum atomic E-state index is 12.7. The highest BCUT2D eigenvalue weighted by Gasteiger charge is 2.59. The highest BCUT2D eigenvalue weighted by Crippen LogP contribution is 2.42. The molecule has 0 unspecified atom stereocenters. The zero-order valence-corrected chi connectivity index (χ0v) is 16.5. The smallest absolute Gasteiger partial charge is 0.355 e. The second-order valence-corrected chi connectivity index (χ2v) is 9.63. The molecule has 0 spiro atoms. The quantitative estimate of drug-likeness (QED) is 0.514. The first-order valence-corrected chi connectivity index (χ1v) is 10.2. The van der Waals surface area contributed by atoms with Gasteiger partial charge in [0.1, 0.15) is 17.9 Å². The number of amides is 1. The molecule has 0 bridgehead atoms. The SMILES string of the molecule is CCC[C@H]1C(=O)N2C(C(=O)OC(C)(C)C)=C(COC(C)=O)CS(=O)(=O)[C@H]12. The first-order chi connectivity index (χ1) is 11.9. The molecule has 26 heavy (non-hydrogen) atoms. The fourth-order valence-electron chi connectivity index (χ4n) is 3.18. The lowest BCUT2D eigenvalue weighted by atomic mass is 9.91. The monoisotopic (exact) mass is 387 g/mol. The summed E-state index contributed by atoms with van der Waals surface area (Å²) in [5.74, 6) is -2.91. The summed E-state index contributed by atoms with van der Waals surface area (Å²) in [5, 5.41) is -1.06. The van der Waals surface area contributed by atoms with E-state index in [1.807, 2.05) is 6.92 Å². The molecule has 0 aliphatic carbocycles. The summed E-state index contributed by atoms with van der Waals surface area (Å²) in [6, 6.07) is 0. The van der Waals surface area contributed by atoms with Crippen LogP contribution in [0, 0.1) is 5.92 Å². The van der Waals surface area contributed by atoms with Crippen LogP contribution in [-0.2, 0) is 33.7 Å². The number of hydrogen-bond donors (Lipinski definition) is 0. The maximum Gasteiger partial charge on any atom is 0.355 e. The summed E-state index contributed by atoms with van der Waals surface area (Å²) < 4.78 is 35.6. The van der Waals surface area contributed by atoms with Gasteiger partial charge in [-0.15, -0.1) is 0 Å². The Morgan fingerprint density at radius 2 is 1.88 bits per heavy atom. The molecule has 0 saturated carbocycles. The number of sulfone groups is 1. The van der Waals surface area contributed by atoms with Crippen molar-refractivity contribution in [1.29, 1.82) is 0 Å². The van der Waals surface area contributed by atoms with Crippen molar-refractivity contribution < 1.29 is 32.3 Å². The van der Waals surface area contributed by atoms with Crippen molar-refractivity contribution in [3.05, 3.63) is 11.3 Å². The zero-order chi connectivity index (χ0) is 19.9. The molecule has 0 aromatic carbocycles. The molecule has 0 aromatic rings. The molecule has 2 rings (SSSR count). The molecule has 0 aromatic heterocycles. The summed E-state index contributed by atoms with van der Waals surface area (Å²) in [6.45, 7) is 7.68. The van der Waals surface area contributed by atoms with Gasteiger partial charge >= 0.3 is 11.9 Å². The molecule has 1 saturated heterocycles. The van der Waals surface area contributed by atoms with Crippen molar-refractivity contribution in [2.24, 2.45) is 5.92 Å². The second-order valence-electron chi connectivity index (χ2n) is 7.54. The molecule has 2 aliphatic rings. The first-order valence-electron chi connectivity index (χ1n) is 8.52. The Hall–Kier alpha value is -1.90. The molecule has 0 radical (unpaired) electrons. The van der Waals surface area contributed by atoms with E-state index < -0.39 is 50.3 Å². The Morgan fingerprint density at radius 3 is 2.38 bits per heavy atom. The Morgan fingerprint density at radius 1 is 1.27 bits per heavy atom. The number of esters is 2. The van der Waals surface area contributed by atoms with Crippen molar-refractivity contribution >= 4 is 27.7 Å². The molecular weight excluding hydrogens is 362 g/mol. The summed E-state index contributed by atoms with van der Waals surface area (Å²) in [4.78, 5) is 37.3. The Bertz CT molecular complexity index is 760. The van der Waals surface area contributed by atoms with E-state index in [0.717, 1.165) is 4.90 Å². The van der Waals surface area contributed by atoms with Crippen molar-refractivity contribution in [3.8, 4) is 0 Å². The zero-order valence-electron chi connectivity index (χ0n) is 15.7. The molecule has 2 aliphatic heterocycles. The Kier molecular flexibility index (Phi) is 5.51. The lowest BCUT2D eigenvalue weighted by molar-refractivity contribution is -0.161. The fourth-order valence-corrected chi connectivity index (χ4v) is 5.34. The molecule has 1 amide bonds. The second kappa shape index (κ2) is 7.02. The van der Waals surface area contributed by atoms with Crippen LogP contribution in [0.5, 0.6) is 0 Å². The van der Waals surface area contributed by atoms with E-state index >= 15 is 0 Å². The lowest BCUT2D eigenvalue weighted by Crippen LogP contribution is -2.67.